The van der Waals surface area contributed by atoms with Crippen LogP contribution in [-0.2, 0) is 9.53 Å². The van der Waals surface area contributed by atoms with Crippen molar-refractivity contribution >= 4 is 5.97 Å². The Morgan fingerprint density at radius 1 is 1.64 bits per heavy atom. The number of carbonyl (C=O) groups excluding carboxylic acids is 1. The maximum Gasteiger partial charge on any atom is 0.312 e. The first-order chi connectivity index (χ1) is 6.63. The first-order valence-electron chi connectivity index (χ1n) is 4.85. The standard InChI is InChI=1S/C11H17NO2/c1-8(2)12-10-6-4-5-9(7-10)11(13)14-3/h4-6,8-9,12H,7H2,1-3H3. The second-order valence-electron chi connectivity index (χ2n) is 3.71. The van der Waals surface area contributed by atoms with Gasteiger partial charge >= 0.3 is 5.97 Å². The van der Waals surface area contributed by atoms with Crippen LogP contribution in [0.3, 0.4) is 0 Å². The molecule has 1 rings (SSSR count). The van der Waals surface area contributed by atoms with E-state index in [9.17, 15) is 4.79 Å². The zero-order chi connectivity index (χ0) is 10.6. The Bertz CT molecular complexity index is 266. The molecular weight excluding hydrogens is 178 g/mol. The maximum absolute atomic E-state index is 11.3. The number of ether oxygens (including phenoxy) is 1. The van der Waals surface area contributed by atoms with E-state index in [1.54, 1.807) is 0 Å². The predicted molar refractivity (Wildman–Crippen MR) is 55.6 cm³/mol. The summed E-state index contributed by atoms with van der Waals surface area (Å²) in [7, 11) is 1.42. The monoisotopic (exact) mass is 195 g/mol. The second-order valence-corrected chi connectivity index (χ2v) is 3.71. The van der Waals surface area contributed by atoms with Crippen LogP contribution in [0.15, 0.2) is 23.9 Å². The molecule has 0 aliphatic heterocycles. The summed E-state index contributed by atoms with van der Waals surface area (Å²) in [6.07, 6.45) is 6.48. The highest BCUT2D eigenvalue weighted by molar-refractivity contribution is 5.75. The normalized spacial score (nSPS) is 20.6. The van der Waals surface area contributed by atoms with Gasteiger partial charge in [-0.25, -0.2) is 0 Å². The van der Waals surface area contributed by atoms with Crippen molar-refractivity contribution in [3.05, 3.63) is 23.9 Å². The molecule has 1 unspecified atom stereocenters. The van der Waals surface area contributed by atoms with Crippen LogP contribution in [0.5, 0.6) is 0 Å². The number of nitrogens with one attached hydrogen (secondary N) is 1. The molecule has 0 aromatic heterocycles. The molecule has 1 aliphatic carbocycles. The molecule has 0 bridgehead atoms. The van der Waals surface area contributed by atoms with Crippen molar-refractivity contribution in [2.75, 3.05) is 7.11 Å². The highest BCUT2D eigenvalue weighted by atomic mass is 16.5. The molecule has 1 aliphatic rings. The van der Waals surface area contributed by atoms with Gasteiger partial charge in [0.25, 0.3) is 0 Å². The van der Waals surface area contributed by atoms with Crippen molar-refractivity contribution in [1.29, 1.82) is 0 Å². The molecule has 0 spiro atoms. The molecule has 14 heavy (non-hydrogen) atoms. The number of allylic oxidation sites excluding steroid dienone is 3. The molecule has 1 atom stereocenters. The van der Waals surface area contributed by atoms with Gasteiger partial charge in [0.2, 0.25) is 0 Å². The molecule has 3 heteroatoms. The summed E-state index contributed by atoms with van der Waals surface area (Å²) in [4.78, 5) is 11.3. The minimum atomic E-state index is -0.169. The predicted octanol–water partition coefficient (Wildman–Crippen LogP) is 1.62. The Hall–Kier alpha value is -1.25. The summed E-state index contributed by atoms with van der Waals surface area (Å²) in [6, 6.07) is 0.394. The lowest BCUT2D eigenvalue weighted by atomic mass is 9.98. The van der Waals surface area contributed by atoms with E-state index in [2.05, 4.69) is 19.2 Å². The van der Waals surface area contributed by atoms with E-state index >= 15 is 0 Å². The Balaban J connectivity index is 2.55. The third-order valence-electron chi connectivity index (χ3n) is 2.06. The number of rotatable bonds is 3. The van der Waals surface area contributed by atoms with Gasteiger partial charge in [0, 0.05) is 18.2 Å². The van der Waals surface area contributed by atoms with Gasteiger partial charge in [-0.05, 0) is 19.9 Å². The minimum Gasteiger partial charge on any atom is -0.469 e. The zero-order valence-electron chi connectivity index (χ0n) is 8.91. The van der Waals surface area contributed by atoms with Crippen molar-refractivity contribution in [3.8, 4) is 0 Å². The quantitative estimate of drug-likeness (QED) is 0.695. The van der Waals surface area contributed by atoms with Gasteiger partial charge in [-0.15, -0.1) is 0 Å². The summed E-state index contributed by atoms with van der Waals surface area (Å²) < 4.78 is 4.70. The van der Waals surface area contributed by atoms with Crippen molar-refractivity contribution in [3.63, 3.8) is 0 Å². The minimum absolute atomic E-state index is 0.133. The van der Waals surface area contributed by atoms with Crippen LogP contribution in [0.2, 0.25) is 0 Å². The molecule has 0 aromatic rings. The molecule has 0 saturated heterocycles. The number of carbonyl (C=O) groups is 1. The van der Waals surface area contributed by atoms with E-state index in [1.807, 2.05) is 18.2 Å². The summed E-state index contributed by atoms with van der Waals surface area (Å²) in [5.41, 5.74) is 1.10. The van der Waals surface area contributed by atoms with Crippen LogP contribution < -0.4 is 5.32 Å². The SMILES string of the molecule is COC(=O)C1C=CC=C(NC(C)C)C1. The first kappa shape index (κ1) is 10.8. The maximum atomic E-state index is 11.3. The Kier molecular flexibility index (Phi) is 3.74. The molecule has 0 heterocycles. The first-order valence-corrected chi connectivity index (χ1v) is 4.85. The molecule has 78 valence electrons. The number of hydrogen-bond acceptors (Lipinski definition) is 3. The molecule has 0 aromatic carbocycles. The lowest BCUT2D eigenvalue weighted by molar-refractivity contribution is -0.143. The van der Waals surface area contributed by atoms with E-state index in [1.165, 1.54) is 7.11 Å². The largest absolute Gasteiger partial charge is 0.469 e. The lowest BCUT2D eigenvalue weighted by Gasteiger charge is -2.19. The molecule has 3 nitrogen and oxygen atoms in total. The topological polar surface area (TPSA) is 38.3 Å². The van der Waals surface area contributed by atoms with Gasteiger partial charge in [-0.2, -0.15) is 0 Å². The van der Waals surface area contributed by atoms with Crippen molar-refractivity contribution in [1.82, 2.24) is 5.32 Å². The van der Waals surface area contributed by atoms with Gasteiger partial charge in [-0.1, -0.05) is 12.2 Å². The third-order valence-corrected chi connectivity index (χ3v) is 2.06. The van der Waals surface area contributed by atoms with Crippen molar-refractivity contribution < 1.29 is 9.53 Å². The zero-order valence-corrected chi connectivity index (χ0v) is 8.91. The molecule has 1 N–H and O–H groups in total. The van der Waals surface area contributed by atoms with Gasteiger partial charge in [0.1, 0.15) is 0 Å². The molecule has 0 amide bonds. The summed E-state index contributed by atoms with van der Waals surface area (Å²) in [5, 5.41) is 3.29. The smallest absolute Gasteiger partial charge is 0.312 e. The second kappa shape index (κ2) is 4.84. The van der Waals surface area contributed by atoms with Crippen LogP contribution in [0, 0.1) is 5.92 Å². The Morgan fingerprint density at radius 3 is 2.93 bits per heavy atom. The fourth-order valence-corrected chi connectivity index (χ4v) is 1.47. The summed E-state index contributed by atoms with van der Waals surface area (Å²) in [5.74, 6) is -0.302. The molecular formula is C11H17NO2. The summed E-state index contributed by atoms with van der Waals surface area (Å²) >= 11 is 0. The lowest BCUT2D eigenvalue weighted by Crippen LogP contribution is -2.26. The van der Waals surface area contributed by atoms with E-state index in [4.69, 9.17) is 4.74 Å². The van der Waals surface area contributed by atoms with Crippen LogP contribution >= 0.6 is 0 Å². The van der Waals surface area contributed by atoms with E-state index in [0.29, 0.717) is 12.5 Å². The van der Waals surface area contributed by atoms with Crippen LogP contribution in [0.25, 0.3) is 0 Å². The van der Waals surface area contributed by atoms with Gasteiger partial charge in [0.15, 0.2) is 0 Å². The van der Waals surface area contributed by atoms with Crippen molar-refractivity contribution in [2.45, 2.75) is 26.3 Å². The van der Waals surface area contributed by atoms with Crippen LogP contribution in [-0.4, -0.2) is 19.1 Å². The fraction of sp³-hybridized carbons (Fsp3) is 0.545. The fourth-order valence-electron chi connectivity index (χ4n) is 1.47. The molecule has 0 saturated carbocycles. The van der Waals surface area contributed by atoms with E-state index < -0.39 is 0 Å². The third kappa shape index (κ3) is 2.91. The van der Waals surface area contributed by atoms with E-state index in [-0.39, 0.29) is 11.9 Å². The number of methoxy groups -OCH3 is 1. The highest BCUT2D eigenvalue weighted by Crippen LogP contribution is 2.18. The average molecular weight is 195 g/mol. The molecule has 0 fully saturated rings. The van der Waals surface area contributed by atoms with E-state index in [0.717, 1.165) is 5.70 Å². The van der Waals surface area contributed by atoms with Crippen LogP contribution in [0.1, 0.15) is 20.3 Å². The van der Waals surface area contributed by atoms with Crippen LogP contribution in [0.4, 0.5) is 0 Å². The van der Waals surface area contributed by atoms with Gasteiger partial charge in [-0.3, -0.25) is 4.79 Å². The van der Waals surface area contributed by atoms with Gasteiger partial charge < -0.3 is 10.1 Å². The average Bonchev–Trinajstić information content (AvgIpc) is 2.16. The Labute approximate surface area is 84.8 Å². The highest BCUT2D eigenvalue weighted by Gasteiger charge is 2.19. The summed E-state index contributed by atoms with van der Waals surface area (Å²) in [6.45, 7) is 4.15. The molecule has 0 radical (unpaired) electrons. The Morgan fingerprint density at radius 2 is 2.36 bits per heavy atom. The van der Waals surface area contributed by atoms with Gasteiger partial charge in [0.05, 0.1) is 13.0 Å². The van der Waals surface area contributed by atoms with Crippen molar-refractivity contribution in [2.24, 2.45) is 5.92 Å². The number of esters is 1. The number of hydrogen-bond donors (Lipinski definition) is 1.